The molecule has 0 atom stereocenters. The molecule has 0 unspecified atom stereocenters. The van der Waals surface area contributed by atoms with Crippen molar-refractivity contribution in [3.05, 3.63) is 18.2 Å². The van der Waals surface area contributed by atoms with Crippen LogP contribution >= 0.6 is 0 Å². The molecule has 0 aromatic heterocycles. The van der Waals surface area contributed by atoms with Gasteiger partial charge in [0, 0.05) is 12.6 Å². The van der Waals surface area contributed by atoms with Crippen molar-refractivity contribution in [2.75, 3.05) is 12.3 Å². The molecule has 0 aliphatic heterocycles. The molecule has 1 aliphatic carbocycles. The van der Waals surface area contributed by atoms with E-state index in [1.807, 2.05) is 0 Å². The monoisotopic (exact) mass is 270 g/mol. The summed E-state index contributed by atoms with van der Waals surface area (Å²) < 4.78 is 31.8. The maximum absolute atomic E-state index is 11.9. The van der Waals surface area contributed by atoms with Gasteiger partial charge >= 0.3 is 0 Å². The Balaban J connectivity index is 2.25. The zero-order valence-corrected chi connectivity index (χ0v) is 11.2. The van der Waals surface area contributed by atoms with Gasteiger partial charge in [-0.3, -0.25) is 0 Å². The van der Waals surface area contributed by atoms with Crippen molar-refractivity contribution in [3.8, 4) is 5.75 Å². The van der Waals surface area contributed by atoms with Gasteiger partial charge in [0.05, 0.1) is 16.7 Å². The van der Waals surface area contributed by atoms with Crippen LogP contribution in [0, 0.1) is 0 Å². The van der Waals surface area contributed by atoms with Gasteiger partial charge in [-0.05, 0) is 31.4 Å². The first-order valence-electron chi connectivity index (χ1n) is 6.09. The lowest BCUT2D eigenvalue weighted by Gasteiger charge is -2.27. The molecule has 1 saturated carbocycles. The minimum atomic E-state index is -3.46. The molecule has 18 heavy (non-hydrogen) atoms. The number of nitrogens with two attached hydrogens (primary N) is 1. The van der Waals surface area contributed by atoms with Crippen LogP contribution in [0.3, 0.4) is 0 Å². The molecule has 0 spiro atoms. The number of benzene rings is 1. The van der Waals surface area contributed by atoms with Crippen LogP contribution in [-0.2, 0) is 10.0 Å². The molecule has 2 rings (SSSR count). The first kappa shape index (κ1) is 13.2. The summed E-state index contributed by atoms with van der Waals surface area (Å²) in [5.74, 6) is 0.457. The summed E-state index contributed by atoms with van der Waals surface area (Å²) in [5, 5.41) is 0. The van der Waals surface area contributed by atoms with Crippen LogP contribution in [0.15, 0.2) is 23.1 Å². The standard InChI is InChI=1S/C12H18N2O3S/c1-2-14-18(15,16)10-6-7-11(13)12(8-10)17-9-4-3-5-9/h6-9,14H,2-5,13H2,1H3. The van der Waals surface area contributed by atoms with Gasteiger partial charge in [0.2, 0.25) is 10.0 Å². The van der Waals surface area contributed by atoms with Gasteiger partial charge in [0.15, 0.2) is 0 Å². The Kier molecular flexibility index (Phi) is 3.77. The lowest BCUT2D eigenvalue weighted by atomic mass is 9.96. The Morgan fingerprint density at radius 2 is 2.17 bits per heavy atom. The third kappa shape index (κ3) is 2.76. The van der Waals surface area contributed by atoms with Crippen LogP contribution < -0.4 is 15.2 Å². The summed E-state index contributed by atoms with van der Waals surface area (Å²) in [6.45, 7) is 2.09. The van der Waals surface area contributed by atoms with E-state index in [1.54, 1.807) is 13.0 Å². The molecule has 5 nitrogen and oxygen atoms in total. The summed E-state index contributed by atoms with van der Waals surface area (Å²) in [5.41, 5.74) is 6.26. The van der Waals surface area contributed by atoms with Crippen molar-refractivity contribution in [2.24, 2.45) is 0 Å². The maximum atomic E-state index is 11.9. The molecule has 0 radical (unpaired) electrons. The molecular formula is C12H18N2O3S. The maximum Gasteiger partial charge on any atom is 0.240 e. The van der Waals surface area contributed by atoms with E-state index in [-0.39, 0.29) is 11.0 Å². The lowest BCUT2D eigenvalue weighted by molar-refractivity contribution is 0.121. The second kappa shape index (κ2) is 5.16. The van der Waals surface area contributed by atoms with Crippen molar-refractivity contribution < 1.29 is 13.2 Å². The normalized spacial score (nSPS) is 16.3. The molecule has 1 fully saturated rings. The third-order valence-corrected chi connectivity index (χ3v) is 4.52. The van der Waals surface area contributed by atoms with E-state index in [1.165, 1.54) is 12.1 Å². The first-order valence-corrected chi connectivity index (χ1v) is 7.57. The van der Waals surface area contributed by atoms with Gasteiger partial charge in [0.1, 0.15) is 5.75 Å². The van der Waals surface area contributed by atoms with Crippen molar-refractivity contribution in [1.82, 2.24) is 4.72 Å². The number of hydrogen-bond donors (Lipinski definition) is 2. The van der Waals surface area contributed by atoms with Crippen LogP contribution in [-0.4, -0.2) is 21.1 Å². The molecule has 1 aromatic carbocycles. The molecule has 1 aromatic rings. The quantitative estimate of drug-likeness (QED) is 0.794. The zero-order chi connectivity index (χ0) is 13.2. The van der Waals surface area contributed by atoms with Gasteiger partial charge in [-0.1, -0.05) is 6.92 Å². The number of nitrogens with one attached hydrogen (secondary N) is 1. The highest BCUT2D eigenvalue weighted by molar-refractivity contribution is 7.89. The molecule has 0 heterocycles. The van der Waals surface area contributed by atoms with Crippen molar-refractivity contribution in [2.45, 2.75) is 37.2 Å². The van der Waals surface area contributed by atoms with Gasteiger partial charge < -0.3 is 10.5 Å². The summed E-state index contributed by atoms with van der Waals surface area (Å²) >= 11 is 0. The topological polar surface area (TPSA) is 81.4 Å². The van der Waals surface area contributed by atoms with E-state index in [4.69, 9.17) is 10.5 Å². The third-order valence-electron chi connectivity index (χ3n) is 2.98. The SMILES string of the molecule is CCNS(=O)(=O)c1ccc(N)c(OC2CCC2)c1. The Bertz CT molecular complexity index is 524. The van der Waals surface area contributed by atoms with E-state index in [2.05, 4.69) is 4.72 Å². The summed E-state index contributed by atoms with van der Waals surface area (Å²) in [7, 11) is -3.46. The molecule has 3 N–H and O–H groups in total. The van der Waals surface area contributed by atoms with Gasteiger partial charge in [-0.25, -0.2) is 13.1 Å². The smallest absolute Gasteiger partial charge is 0.240 e. The average Bonchev–Trinajstić information content (AvgIpc) is 2.25. The number of nitrogen functional groups attached to an aromatic ring is 1. The number of ether oxygens (including phenoxy) is 1. The van der Waals surface area contributed by atoms with Crippen LogP contribution in [0.4, 0.5) is 5.69 Å². The molecular weight excluding hydrogens is 252 g/mol. The first-order chi connectivity index (χ1) is 8.53. The molecule has 0 bridgehead atoms. The highest BCUT2D eigenvalue weighted by Crippen LogP contribution is 2.30. The predicted molar refractivity (Wildman–Crippen MR) is 70.0 cm³/mol. The molecule has 1 aliphatic rings. The van der Waals surface area contributed by atoms with Crippen LogP contribution in [0.2, 0.25) is 0 Å². The summed E-state index contributed by atoms with van der Waals surface area (Å²) in [6.07, 6.45) is 3.33. The lowest BCUT2D eigenvalue weighted by Crippen LogP contribution is -2.26. The predicted octanol–water partition coefficient (Wildman–Crippen LogP) is 1.50. The number of hydrogen-bond acceptors (Lipinski definition) is 4. The van der Waals surface area contributed by atoms with E-state index in [0.717, 1.165) is 19.3 Å². The van der Waals surface area contributed by atoms with Crippen molar-refractivity contribution in [3.63, 3.8) is 0 Å². The fourth-order valence-corrected chi connectivity index (χ4v) is 2.78. The van der Waals surface area contributed by atoms with E-state index in [0.29, 0.717) is 18.0 Å². The Hall–Kier alpha value is -1.27. The molecule has 0 amide bonds. The number of anilines is 1. The van der Waals surface area contributed by atoms with E-state index < -0.39 is 10.0 Å². The Morgan fingerprint density at radius 1 is 1.44 bits per heavy atom. The van der Waals surface area contributed by atoms with Crippen LogP contribution in [0.25, 0.3) is 0 Å². The fraction of sp³-hybridized carbons (Fsp3) is 0.500. The molecule has 0 saturated heterocycles. The van der Waals surface area contributed by atoms with Crippen molar-refractivity contribution in [1.29, 1.82) is 0 Å². The Labute approximate surface area is 107 Å². The van der Waals surface area contributed by atoms with E-state index in [9.17, 15) is 8.42 Å². The second-order valence-electron chi connectivity index (χ2n) is 4.37. The second-order valence-corrected chi connectivity index (χ2v) is 6.14. The van der Waals surface area contributed by atoms with Gasteiger partial charge in [0.25, 0.3) is 0 Å². The fourth-order valence-electron chi connectivity index (χ4n) is 1.73. The van der Waals surface area contributed by atoms with Crippen LogP contribution in [0.5, 0.6) is 5.75 Å². The average molecular weight is 270 g/mol. The number of sulfonamides is 1. The summed E-state index contributed by atoms with van der Waals surface area (Å²) in [6, 6.07) is 4.55. The highest BCUT2D eigenvalue weighted by Gasteiger charge is 2.21. The Morgan fingerprint density at radius 3 is 2.72 bits per heavy atom. The molecule has 100 valence electrons. The number of rotatable bonds is 5. The highest BCUT2D eigenvalue weighted by atomic mass is 32.2. The largest absolute Gasteiger partial charge is 0.488 e. The minimum Gasteiger partial charge on any atom is -0.488 e. The summed E-state index contributed by atoms with van der Waals surface area (Å²) in [4.78, 5) is 0.188. The molecule has 6 heteroatoms. The minimum absolute atomic E-state index is 0.171. The van der Waals surface area contributed by atoms with Crippen molar-refractivity contribution >= 4 is 15.7 Å². The van der Waals surface area contributed by atoms with E-state index >= 15 is 0 Å². The van der Waals surface area contributed by atoms with Gasteiger partial charge in [-0.15, -0.1) is 0 Å². The van der Waals surface area contributed by atoms with Gasteiger partial charge in [-0.2, -0.15) is 0 Å². The van der Waals surface area contributed by atoms with Crippen LogP contribution in [0.1, 0.15) is 26.2 Å². The zero-order valence-electron chi connectivity index (χ0n) is 10.3.